The highest BCUT2D eigenvalue weighted by Gasteiger charge is 2.21. The van der Waals surface area contributed by atoms with Gasteiger partial charge in [0.05, 0.1) is 17.1 Å². The lowest BCUT2D eigenvalue weighted by atomic mass is 10.1. The number of aromatic nitrogens is 4. The third kappa shape index (κ3) is 1.79. The molecule has 0 radical (unpaired) electrons. The molecular weight excluding hydrogens is 238 g/mol. The molecule has 1 aliphatic rings. The van der Waals surface area contributed by atoms with Gasteiger partial charge in [-0.15, -0.1) is 0 Å². The number of piperidine rings is 1. The highest BCUT2D eigenvalue weighted by Crippen LogP contribution is 2.27. The van der Waals surface area contributed by atoms with Gasteiger partial charge in [-0.3, -0.25) is 0 Å². The second-order valence-corrected chi connectivity index (χ2v) is 4.73. The largest absolute Gasteiger partial charge is 0.317 e. The summed E-state index contributed by atoms with van der Waals surface area (Å²) in [6.07, 6.45) is 3.67. The van der Waals surface area contributed by atoms with Crippen molar-refractivity contribution in [1.82, 2.24) is 25.1 Å². The van der Waals surface area contributed by atoms with Gasteiger partial charge in [0.2, 0.25) is 0 Å². The maximum atomic E-state index is 6.10. The van der Waals surface area contributed by atoms with Crippen LogP contribution in [0.2, 0.25) is 5.15 Å². The van der Waals surface area contributed by atoms with Crippen molar-refractivity contribution in [3.05, 3.63) is 17.2 Å². The number of rotatable bonds is 1. The van der Waals surface area contributed by atoms with Gasteiger partial charge in [-0.1, -0.05) is 11.6 Å². The van der Waals surface area contributed by atoms with Crippen molar-refractivity contribution < 1.29 is 0 Å². The van der Waals surface area contributed by atoms with Crippen molar-refractivity contribution in [1.29, 1.82) is 0 Å². The zero-order valence-corrected chi connectivity index (χ0v) is 10.4. The van der Waals surface area contributed by atoms with Crippen LogP contribution in [0.1, 0.15) is 24.6 Å². The van der Waals surface area contributed by atoms with E-state index in [0.29, 0.717) is 11.2 Å². The van der Waals surface area contributed by atoms with Crippen molar-refractivity contribution >= 4 is 22.6 Å². The minimum atomic E-state index is 0.415. The zero-order chi connectivity index (χ0) is 11.8. The number of nitrogens with zero attached hydrogens (tertiary/aromatic N) is 4. The second-order valence-electron chi connectivity index (χ2n) is 4.37. The van der Waals surface area contributed by atoms with E-state index in [0.717, 1.165) is 42.7 Å². The first-order valence-electron chi connectivity index (χ1n) is 5.83. The standard InChI is InChI=1S/C11H14ClN5/c1-7-9-10(12)14-6-15-11(9)17(16-7)8-2-4-13-5-3-8/h6,8,13H,2-5H2,1H3. The van der Waals surface area contributed by atoms with Crippen molar-refractivity contribution in [2.24, 2.45) is 0 Å². The molecule has 0 spiro atoms. The molecule has 1 saturated heterocycles. The predicted molar refractivity (Wildman–Crippen MR) is 66.2 cm³/mol. The Bertz CT molecular complexity index is 544. The Hall–Kier alpha value is -1.20. The van der Waals surface area contributed by atoms with Crippen LogP contribution in [0.25, 0.3) is 11.0 Å². The number of hydrogen-bond donors (Lipinski definition) is 1. The van der Waals surface area contributed by atoms with E-state index in [1.807, 2.05) is 11.6 Å². The molecule has 0 bridgehead atoms. The minimum absolute atomic E-state index is 0.415. The normalized spacial score (nSPS) is 17.8. The van der Waals surface area contributed by atoms with Crippen molar-refractivity contribution in [2.75, 3.05) is 13.1 Å². The lowest BCUT2D eigenvalue weighted by molar-refractivity contribution is 0.348. The summed E-state index contributed by atoms with van der Waals surface area (Å²) >= 11 is 6.10. The number of halogens is 1. The third-order valence-electron chi connectivity index (χ3n) is 3.27. The smallest absolute Gasteiger partial charge is 0.163 e. The van der Waals surface area contributed by atoms with Gasteiger partial charge in [0.25, 0.3) is 0 Å². The summed E-state index contributed by atoms with van der Waals surface area (Å²) in [5.74, 6) is 0. The van der Waals surface area contributed by atoms with Gasteiger partial charge in [-0.05, 0) is 32.9 Å². The van der Waals surface area contributed by atoms with Gasteiger partial charge in [0.15, 0.2) is 5.65 Å². The summed E-state index contributed by atoms with van der Waals surface area (Å²) < 4.78 is 2.01. The zero-order valence-electron chi connectivity index (χ0n) is 9.65. The van der Waals surface area contributed by atoms with Crippen LogP contribution in [0.3, 0.4) is 0 Å². The molecular formula is C11H14ClN5. The first-order chi connectivity index (χ1) is 8.27. The van der Waals surface area contributed by atoms with E-state index < -0.39 is 0 Å². The van der Waals surface area contributed by atoms with Gasteiger partial charge < -0.3 is 5.32 Å². The summed E-state index contributed by atoms with van der Waals surface area (Å²) in [6.45, 7) is 4.02. The third-order valence-corrected chi connectivity index (χ3v) is 3.56. The molecule has 6 heteroatoms. The van der Waals surface area contributed by atoms with Crippen molar-refractivity contribution in [3.63, 3.8) is 0 Å². The Morgan fingerprint density at radius 1 is 1.35 bits per heavy atom. The summed E-state index contributed by atoms with van der Waals surface area (Å²) in [5.41, 5.74) is 1.76. The van der Waals surface area contributed by atoms with Crippen molar-refractivity contribution in [2.45, 2.75) is 25.8 Å². The SMILES string of the molecule is Cc1nn(C2CCNCC2)c2ncnc(Cl)c12. The molecule has 2 aromatic heterocycles. The molecule has 0 atom stereocenters. The molecule has 5 nitrogen and oxygen atoms in total. The highest BCUT2D eigenvalue weighted by atomic mass is 35.5. The molecule has 17 heavy (non-hydrogen) atoms. The number of hydrogen-bond acceptors (Lipinski definition) is 4. The van der Waals surface area contributed by atoms with Crippen LogP contribution in [0.4, 0.5) is 0 Å². The van der Waals surface area contributed by atoms with E-state index in [2.05, 4.69) is 20.4 Å². The van der Waals surface area contributed by atoms with Gasteiger partial charge in [-0.2, -0.15) is 5.10 Å². The average Bonchev–Trinajstić information content (AvgIpc) is 2.69. The van der Waals surface area contributed by atoms with E-state index in [1.165, 1.54) is 6.33 Å². The van der Waals surface area contributed by atoms with Crippen molar-refractivity contribution in [3.8, 4) is 0 Å². The van der Waals surface area contributed by atoms with Gasteiger partial charge in [-0.25, -0.2) is 14.6 Å². The van der Waals surface area contributed by atoms with E-state index in [-0.39, 0.29) is 0 Å². The molecule has 3 rings (SSSR count). The maximum Gasteiger partial charge on any atom is 0.163 e. The van der Waals surface area contributed by atoms with Gasteiger partial charge in [0, 0.05) is 0 Å². The Kier molecular flexibility index (Phi) is 2.72. The minimum Gasteiger partial charge on any atom is -0.317 e. The molecule has 1 N–H and O–H groups in total. The Morgan fingerprint density at radius 2 is 2.12 bits per heavy atom. The Labute approximate surface area is 104 Å². The summed E-state index contributed by atoms with van der Waals surface area (Å²) in [6, 6.07) is 0.415. The second kappa shape index (κ2) is 4.23. The first-order valence-corrected chi connectivity index (χ1v) is 6.21. The number of nitrogens with one attached hydrogen (secondary N) is 1. The molecule has 0 amide bonds. The van der Waals surface area contributed by atoms with Crippen LogP contribution in [-0.4, -0.2) is 32.8 Å². The molecule has 2 aromatic rings. The average molecular weight is 252 g/mol. The van der Waals surface area contributed by atoms with E-state index in [1.54, 1.807) is 0 Å². The summed E-state index contributed by atoms with van der Waals surface area (Å²) in [4.78, 5) is 8.34. The van der Waals surface area contributed by atoms with E-state index in [4.69, 9.17) is 11.6 Å². The molecule has 90 valence electrons. The Morgan fingerprint density at radius 3 is 2.88 bits per heavy atom. The molecule has 0 aromatic carbocycles. The number of aryl methyl sites for hydroxylation is 1. The van der Waals surface area contributed by atoms with Gasteiger partial charge >= 0.3 is 0 Å². The van der Waals surface area contributed by atoms with Crippen LogP contribution in [0, 0.1) is 6.92 Å². The predicted octanol–water partition coefficient (Wildman–Crippen LogP) is 1.71. The first kappa shape index (κ1) is 10.9. The fourth-order valence-electron chi connectivity index (χ4n) is 2.41. The summed E-state index contributed by atoms with van der Waals surface area (Å²) in [5, 5.41) is 9.30. The topological polar surface area (TPSA) is 55.6 Å². The van der Waals surface area contributed by atoms with Crippen LogP contribution in [-0.2, 0) is 0 Å². The Balaban J connectivity index is 2.13. The fourth-order valence-corrected chi connectivity index (χ4v) is 2.67. The fraction of sp³-hybridized carbons (Fsp3) is 0.545. The van der Waals surface area contributed by atoms with Crippen LogP contribution < -0.4 is 5.32 Å². The van der Waals surface area contributed by atoms with Crippen LogP contribution in [0.15, 0.2) is 6.33 Å². The van der Waals surface area contributed by atoms with Gasteiger partial charge in [0.1, 0.15) is 11.5 Å². The monoisotopic (exact) mass is 251 g/mol. The lowest BCUT2D eigenvalue weighted by Gasteiger charge is -2.23. The summed E-state index contributed by atoms with van der Waals surface area (Å²) in [7, 11) is 0. The maximum absolute atomic E-state index is 6.10. The molecule has 0 aliphatic carbocycles. The highest BCUT2D eigenvalue weighted by molar-refractivity contribution is 6.34. The molecule has 0 saturated carbocycles. The molecule has 1 aliphatic heterocycles. The molecule has 3 heterocycles. The molecule has 1 fully saturated rings. The lowest BCUT2D eigenvalue weighted by Crippen LogP contribution is -2.30. The van der Waals surface area contributed by atoms with E-state index >= 15 is 0 Å². The molecule has 0 unspecified atom stereocenters. The number of fused-ring (bicyclic) bond motifs is 1. The van der Waals surface area contributed by atoms with Crippen LogP contribution in [0.5, 0.6) is 0 Å². The van der Waals surface area contributed by atoms with Crippen LogP contribution >= 0.6 is 11.6 Å². The van der Waals surface area contributed by atoms with E-state index in [9.17, 15) is 0 Å². The quantitative estimate of drug-likeness (QED) is 0.784.